The fourth-order valence-corrected chi connectivity index (χ4v) is 1.74. The average Bonchev–Trinajstić information content (AvgIpc) is 2.47. The first-order chi connectivity index (χ1) is 9.38. The number of hydrogen-bond donors (Lipinski definition) is 1. The number of nitrogens with zero attached hydrogens (tertiary/aromatic N) is 2. The van der Waals surface area contributed by atoms with Gasteiger partial charge in [0.25, 0.3) is 0 Å². The monoisotopic (exact) mass is 254 g/mol. The van der Waals surface area contributed by atoms with E-state index < -0.39 is 0 Å². The Hall–Kier alpha value is -2.16. The molecule has 1 N–H and O–H groups in total. The Morgan fingerprint density at radius 1 is 1.11 bits per heavy atom. The molecule has 98 valence electrons. The predicted octanol–water partition coefficient (Wildman–Crippen LogP) is 3.22. The van der Waals surface area contributed by atoms with E-state index in [0.29, 0.717) is 0 Å². The van der Waals surface area contributed by atoms with Crippen LogP contribution in [0.3, 0.4) is 0 Å². The molecule has 2 rings (SSSR count). The van der Waals surface area contributed by atoms with E-state index in [9.17, 15) is 0 Å². The van der Waals surface area contributed by atoms with E-state index in [-0.39, 0.29) is 0 Å². The SMILES string of the molecule is CCCC[n+]1ccc(/C=N/Nc2ccccc2)cc1. The molecule has 1 aromatic heterocycles. The molecule has 0 radical (unpaired) electrons. The second-order valence-electron chi connectivity index (χ2n) is 4.46. The van der Waals surface area contributed by atoms with E-state index in [4.69, 9.17) is 0 Å². The minimum Gasteiger partial charge on any atom is -0.279 e. The van der Waals surface area contributed by atoms with Crippen molar-refractivity contribution in [3.8, 4) is 0 Å². The van der Waals surface area contributed by atoms with Gasteiger partial charge in [0.2, 0.25) is 0 Å². The molecule has 3 nitrogen and oxygen atoms in total. The number of nitrogens with one attached hydrogen (secondary N) is 1. The van der Waals surface area contributed by atoms with E-state index in [2.05, 4.69) is 46.5 Å². The van der Waals surface area contributed by atoms with Gasteiger partial charge in [0, 0.05) is 24.1 Å². The van der Waals surface area contributed by atoms with Gasteiger partial charge in [0.05, 0.1) is 11.9 Å². The summed E-state index contributed by atoms with van der Waals surface area (Å²) in [5, 5.41) is 4.22. The predicted molar refractivity (Wildman–Crippen MR) is 79.2 cm³/mol. The van der Waals surface area contributed by atoms with Gasteiger partial charge in [-0.05, 0) is 12.1 Å². The maximum Gasteiger partial charge on any atom is 0.169 e. The van der Waals surface area contributed by atoms with Crippen LogP contribution < -0.4 is 9.99 Å². The van der Waals surface area contributed by atoms with Crippen LogP contribution in [0.25, 0.3) is 0 Å². The summed E-state index contributed by atoms with van der Waals surface area (Å²) in [6, 6.07) is 14.1. The van der Waals surface area contributed by atoms with Crippen LogP contribution in [0.2, 0.25) is 0 Å². The van der Waals surface area contributed by atoms with Gasteiger partial charge in [-0.3, -0.25) is 5.43 Å². The first-order valence-corrected chi connectivity index (χ1v) is 6.71. The van der Waals surface area contributed by atoms with Crippen LogP contribution in [0.5, 0.6) is 0 Å². The van der Waals surface area contributed by atoms with Crippen LogP contribution in [0.1, 0.15) is 25.3 Å². The van der Waals surface area contributed by atoms with E-state index in [1.807, 2.05) is 36.5 Å². The van der Waals surface area contributed by atoms with Gasteiger partial charge in [-0.15, -0.1) is 0 Å². The maximum absolute atomic E-state index is 4.22. The number of aryl methyl sites for hydroxylation is 1. The van der Waals surface area contributed by atoms with Crippen LogP contribution in [0.4, 0.5) is 5.69 Å². The first kappa shape index (κ1) is 13.3. The molecule has 0 fully saturated rings. The molecule has 2 aromatic rings. The van der Waals surface area contributed by atoms with Gasteiger partial charge in [-0.1, -0.05) is 31.5 Å². The highest BCUT2D eigenvalue weighted by Crippen LogP contribution is 2.04. The Morgan fingerprint density at radius 3 is 2.53 bits per heavy atom. The average molecular weight is 254 g/mol. The minimum atomic E-state index is 0.993. The molecule has 0 unspecified atom stereocenters. The highest BCUT2D eigenvalue weighted by atomic mass is 15.3. The van der Waals surface area contributed by atoms with Crippen molar-refractivity contribution >= 4 is 11.9 Å². The van der Waals surface area contributed by atoms with E-state index in [1.54, 1.807) is 0 Å². The zero-order chi connectivity index (χ0) is 13.3. The Kier molecular flexibility index (Phi) is 5.11. The highest BCUT2D eigenvalue weighted by molar-refractivity contribution is 5.79. The molecule has 0 aliphatic rings. The first-order valence-electron chi connectivity index (χ1n) is 6.71. The third-order valence-electron chi connectivity index (χ3n) is 2.87. The third-order valence-corrected chi connectivity index (χ3v) is 2.87. The van der Waals surface area contributed by atoms with Gasteiger partial charge in [-0.2, -0.15) is 5.10 Å². The van der Waals surface area contributed by atoms with Crippen molar-refractivity contribution in [3.05, 3.63) is 60.4 Å². The maximum atomic E-state index is 4.22. The summed E-state index contributed by atoms with van der Waals surface area (Å²) in [6.45, 7) is 3.28. The lowest BCUT2D eigenvalue weighted by molar-refractivity contribution is -0.697. The quantitative estimate of drug-likeness (QED) is 0.478. The van der Waals surface area contributed by atoms with E-state index in [1.165, 1.54) is 12.8 Å². The Bertz CT molecular complexity index is 503. The molecule has 1 heterocycles. The lowest BCUT2D eigenvalue weighted by atomic mass is 10.3. The van der Waals surface area contributed by atoms with Crippen molar-refractivity contribution in [2.75, 3.05) is 5.43 Å². The molecular formula is C16H20N3+. The van der Waals surface area contributed by atoms with Crippen molar-refractivity contribution in [1.29, 1.82) is 0 Å². The zero-order valence-electron chi connectivity index (χ0n) is 11.3. The second-order valence-corrected chi connectivity index (χ2v) is 4.46. The van der Waals surface area contributed by atoms with Crippen molar-refractivity contribution in [1.82, 2.24) is 0 Å². The molecule has 0 saturated carbocycles. The molecule has 0 saturated heterocycles. The van der Waals surface area contributed by atoms with Crippen LogP contribution in [0.15, 0.2) is 60.0 Å². The summed E-state index contributed by atoms with van der Waals surface area (Å²) in [4.78, 5) is 0. The number of rotatable bonds is 6. The number of hydrogen-bond acceptors (Lipinski definition) is 2. The fraction of sp³-hybridized carbons (Fsp3) is 0.250. The van der Waals surface area contributed by atoms with Crippen molar-refractivity contribution in [2.45, 2.75) is 26.3 Å². The molecule has 0 atom stereocenters. The Balaban J connectivity index is 1.88. The van der Waals surface area contributed by atoms with Crippen molar-refractivity contribution in [2.24, 2.45) is 5.10 Å². The van der Waals surface area contributed by atoms with Crippen LogP contribution >= 0.6 is 0 Å². The summed E-state index contributed by atoms with van der Waals surface area (Å²) in [5.74, 6) is 0. The number of benzene rings is 1. The smallest absolute Gasteiger partial charge is 0.169 e. The fourth-order valence-electron chi connectivity index (χ4n) is 1.74. The normalized spacial score (nSPS) is 10.8. The third kappa shape index (κ3) is 4.54. The number of pyridine rings is 1. The zero-order valence-corrected chi connectivity index (χ0v) is 11.3. The van der Waals surface area contributed by atoms with Crippen molar-refractivity contribution in [3.63, 3.8) is 0 Å². The molecule has 0 amide bonds. The molecular weight excluding hydrogens is 234 g/mol. The van der Waals surface area contributed by atoms with Crippen LogP contribution in [-0.2, 0) is 6.54 Å². The molecule has 0 spiro atoms. The van der Waals surface area contributed by atoms with Gasteiger partial charge < -0.3 is 0 Å². The van der Waals surface area contributed by atoms with Crippen LogP contribution in [0, 0.1) is 0 Å². The number of aromatic nitrogens is 1. The van der Waals surface area contributed by atoms with Gasteiger partial charge in [0.15, 0.2) is 12.4 Å². The summed E-state index contributed by atoms with van der Waals surface area (Å²) in [7, 11) is 0. The topological polar surface area (TPSA) is 28.3 Å². The summed E-state index contributed by atoms with van der Waals surface area (Å²) in [6.07, 6.45) is 8.46. The molecule has 0 aliphatic carbocycles. The summed E-state index contributed by atoms with van der Waals surface area (Å²) in [5.41, 5.74) is 5.09. The lowest BCUT2D eigenvalue weighted by Crippen LogP contribution is -2.32. The minimum absolute atomic E-state index is 0.993. The largest absolute Gasteiger partial charge is 0.279 e. The molecule has 0 aliphatic heterocycles. The highest BCUT2D eigenvalue weighted by Gasteiger charge is 1.98. The molecule has 0 bridgehead atoms. The lowest BCUT2D eigenvalue weighted by Gasteiger charge is -1.98. The molecule has 19 heavy (non-hydrogen) atoms. The van der Waals surface area contributed by atoms with Crippen molar-refractivity contribution < 1.29 is 4.57 Å². The van der Waals surface area contributed by atoms with Gasteiger partial charge >= 0.3 is 0 Å². The van der Waals surface area contributed by atoms with Gasteiger partial charge in [-0.25, -0.2) is 4.57 Å². The van der Waals surface area contributed by atoms with Gasteiger partial charge in [0.1, 0.15) is 6.54 Å². The van der Waals surface area contributed by atoms with E-state index in [0.717, 1.165) is 17.8 Å². The number of hydrazone groups is 1. The number of anilines is 1. The molecule has 3 heteroatoms. The second kappa shape index (κ2) is 7.31. The Morgan fingerprint density at radius 2 is 1.84 bits per heavy atom. The molecule has 1 aromatic carbocycles. The number of unbranched alkanes of at least 4 members (excludes halogenated alkanes) is 1. The van der Waals surface area contributed by atoms with E-state index >= 15 is 0 Å². The number of para-hydroxylation sites is 1. The summed E-state index contributed by atoms with van der Waals surface area (Å²) >= 11 is 0. The summed E-state index contributed by atoms with van der Waals surface area (Å²) < 4.78 is 2.20. The standard InChI is InChI=1S/C16H19N3/c1-2-3-11-19-12-9-15(10-13-19)14-17-18-16-7-5-4-6-8-16/h4-10,12-14H,2-3,11H2,1H3/p+1. The van der Waals surface area contributed by atoms with Crippen LogP contribution in [-0.4, -0.2) is 6.21 Å². The Labute approximate surface area is 114 Å².